The first-order chi connectivity index (χ1) is 4.43. The van der Waals surface area contributed by atoms with Crippen molar-refractivity contribution in [2.75, 3.05) is 5.32 Å². The average Bonchev–Trinajstić information content (AvgIpc) is 1.91. The third kappa shape index (κ3) is 1.57. The van der Waals surface area contributed by atoms with Gasteiger partial charge in [0.15, 0.2) is 0 Å². The molecule has 0 aliphatic heterocycles. The lowest BCUT2D eigenvalue weighted by atomic mass is 10.3. The van der Waals surface area contributed by atoms with Crippen LogP contribution < -0.4 is 5.32 Å². The molecule has 0 bridgehead atoms. The number of hydrogen-bond donors (Lipinski definition) is 1. The number of rotatable bonds is 2. The van der Waals surface area contributed by atoms with Crippen LogP contribution in [-0.2, 0) is 4.79 Å². The van der Waals surface area contributed by atoms with E-state index in [-0.39, 0.29) is 0 Å². The van der Waals surface area contributed by atoms with Gasteiger partial charge in [-0.3, -0.25) is 4.79 Å². The molecule has 2 heteroatoms. The van der Waals surface area contributed by atoms with Crippen LogP contribution in [-0.4, -0.2) is 6.41 Å². The average molecular weight is 120 g/mol. The van der Waals surface area contributed by atoms with Crippen LogP contribution in [0, 0.1) is 0 Å². The summed E-state index contributed by atoms with van der Waals surface area (Å²) >= 11 is 0. The molecule has 0 unspecified atom stereocenters. The van der Waals surface area contributed by atoms with Crippen LogP contribution in [0.1, 0.15) is 0 Å². The second-order valence-electron chi connectivity index (χ2n) is 1.59. The topological polar surface area (TPSA) is 29.1 Å². The monoisotopic (exact) mass is 120 g/mol. The van der Waals surface area contributed by atoms with Crippen molar-refractivity contribution >= 4 is 12.1 Å². The van der Waals surface area contributed by atoms with E-state index in [9.17, 15) is 4.79 Å². The molecule has 0 aliphatic rings. The molecule has 1 aromatic rings. The van der Waals surface area contributed by atoms with Crippen LogP contribution in [0.25, 0.3) is 0 Å². The van der Waals surface area contributed by atoms with E-state index in [2.05, 4.69) is 5.32 Å². The molecule has 1 rings (SSSR count). The summed E-state index contributed by atoms with van der Waals surface area (Å²) in [5.41, 5.74) is 0.771. The maximum Gasteiger partial charge on any atom is 0.314 e. The number of anilines is 1. The van der Waals surface area contributed by atoms with Gasteiger partial charge < -0.3 is 5.32 Å². The normalized spacial score (nSPS) is 8.44. The molecule has 0 fully saturated rings. The van der Waals surface area contributed by atoms with E-state index in [4.69, 9.17) is 0 Å². The summed E-state index contributed by atoms with van der Waals surface area (Å²) in [7, 11) is 0. The van der Waals surface area contributed by atoms with Gasteiger partial charge in [-0.15, -0.1) is 0 Å². The fraction of sp³-hybridized carbons (Fsp3) is 0. The van der Waals surface area contributed by atoms with Gasteiger partial charge in [-0.25, -0.2) is 0 Å². The van der Waals surface area contributed by atoms with E-state index in [1.54, 1.807) is 18.5 Å². The van der Waals surface area contributed by atoms with Gasteiger partial charge in [0.25, 0.3) is 0 Å². The molecular weight excluding hydrogens is 114 g/mol. The van der Waals surface area contributed by atoms with E-state index in [1.807, 2.05) is 18.2 Å². The van der Waals surface area contributed by atoms with Gasteiger partial charge in [0.1, 0.15) is 0 Å². The van der Waals surface area contributed by atoms with Gasteiger partial charge in [-0.1, -0.05) is 18.2 Å². The zero-order valence-electron chi connectivity index (χ0n) is 4.79. The van der Waals surface area contributed by atoms with E-state index in [0.717, 1.165) is 5.69 Å². The van der Waals surface area contributed by atoms with Crippen molar-refractivity contribution in [2.24, 2.45) is 0 Å². The molecule has 1 amide bonds. The Labute approximate surface area is 53.5 Å². The minimum atomic E-state index is 0.771. The van der Waals surface area contributed by atoms with Gasteiger partial charge in [-0.2, -0.15) is 0 Å². The summed E-state index contributed by atoms with van der Waals surface area (Å²) in [6, 6.07) is 9.17. The van der Waals surface area contributed by atoms with Crippen molar-refractivity contribution in [2.45, 2.75) is 0 Å². The summed E-state index contributed by atoms with van der Waals surface area (Å²) < 4.78 is 0. The van der Waals surface area contributed by atoms with Crippen LogP contribution >= 0.6 is 0 Å². The van der Waals surface area contributed by atoms with Crippen molar-refractivity contribution in [1.82, 2.24) is 0 Å². The summed E-state index contributed by atoms with van der Waals surface area (Å²) in [6.45, 7) is 0. The highest BCUT2D eigenvalue weighted by atomic mass is 16.1. The van der Waals surface area contributed by atoms with Gasteiger partial charge in [0.05, 0.1) is 0 Å². The second kappa shape index (κ2) is 2.87. The summed E-state index contributed by atoms with van der Waals surface area (Å²) in [5.74, 6) is 0. The number of para-hydroxylation sites is 1. The van der Waals surface area contributed by atoms with E-state index in [0.29, 0.717) is 0 Å². The smallest absolute Gasteiger partial charge is 0.314 e. The lowest BCUT2D eigenvalue weighted by Gasteiger charge is -1.92. The maximum absolute atomic E-state index is 9.74. The lowest BCUT2D eigenvalue weighted by Crippen LogP contribution is -1.91. The molecule has 0 saturated carbocycles. The van der Waals surface area contributed by atoms with Crippen molar-refractivity contribution < 1.29 is 4.79 Å². The maximum atomic E-state index is 9.74. The molecule has 1 aromatic carbocycles. The van der Waals surface area contributed by atoms with Gasteiger partial charge in [-0.05, 0) is 12.1 Å². The summed E-state index contributed by atoms with van der Waals surface area (Å²) in [4.78, 5) is 9.74. The van der Waals surface area contributed by atoms with Crippen molar-refractivity contribution in [3.8, 4) is 0 Å². The van der Waals surface area contributed by atoms with Crippen LogP contribution in [0.3, 0.4) is 0 Å². The Morgan fingerprint density at radius 2 is 1.89 bits per heavy atom. The third-order valence-electron chi connectivity index (χ3n) is 0.969. The first-order valence-corrected chi connectivity index (χ1v) is 2.61. The Hall–Kier alpha value is -1.31. The Bertz CT molecular complexity index is 183. The minimum absolute atomic E-state index is 0.771. The zero-order chi connectivity index (χ0) is 6.53. The number of benzene rings is 1. The fourth-order valence-electron chi connectivity index (χ4n) is 0.580. The third-order valence-corrected chi connectivity index (χ3v) is 0.969. The molecule has 0 atom stereocenters. The quantitative estimate of drug-likeness (QED) is 0.583. The number of hydrogen-bond acceptors (Lipinski definition) is 1. The van der Waals surface area contributed by atoms with Crippen LogP contribution in [0.4, 0.5) is 5.69 Å². The largest absolute Gasteiger partial charge is 0.318 e. The first kappa shape index (κ1) is 5.82. The molecule has 9 heavy (non-hydrogen) atoms. The Balaban J connectivity index is 2.72. The van der Waals surface area contributed by atoms with Crippen molar-refractivity contribution in [3.63, 3.8) is 0 Å². The van der Waals surface area contributed by atoms with Crippen molar-refractivity contribution in [3.05, 3.63) is 30.3 Å². The molecular formula is C7H6NO. The molecule has 0 heterocycles. The second-order valence-corrected chi connectivity index (χ2v) is 1.59. The number of carbonyl (C=O) groups excluding carboxylic acids is 1. The highest BCUT2D eigenvalue weighted by molar-refractivity contribution is 5.71. The Kier molecular flexibility index (Phi) is 1.85. The molecule has 0 saturated heterocycles. The number of amides is 1. The molecule has 0 aromatic heterocycles. The van der Waals surface area contributed by atoms with E-state index in [1.165, 1.54) is 0 Å². The van der Waals surface area contributed by atoms with Crippen molar-refractivity contribution in [1.29, 1.82) is 0 Å². The summed E-state index contributed by atoms with van der Waals surface area (Å²) in [5, 5.41) is 2.40. The van der Waals surface area contributed by atoms with Crippen LogP contribution in [0.15, 0.2) is 30.3 Å². The zero-order valence-corrected chi connectivity index (χ0v) is 4.79. The molecule has 0 spiro atoms. The first-order valence-electron chi connectivity index (χ1n) is 2.61. The number of nitrogens with one attached hydrogen (secondary N) is 1. The Morgan fingerprint density at radius 1 is 1.22 bits per heavy atom. The minimum Gasteiger partial charge on any atom is -0.318 e. The van der Waals surface area contributed by atoms with E-state index >= 15 is 0 Å². The molecule has 1 radical (unpaired) electrons. The highest BCUT2D eigenvalue weighted by Gasteiger charge is 1.82. The predicted octanol–water partition coefficient (Wildman–Crippen LogP) is 1.17. The van der Waals surface area contributed by atoms with Gasteiger partial charge in [0, 0.05) is 5.69 Å². The van der Waals surface area contributed by atoms with Crippen LogP contribution in [0.5, 0.6) is 0 Å². The fourth-order valence-corrected chi connectivity index (χ4v) is 0.580. The van der Waals surface area contributed by atoms with Gasteiger partial charge in [0.2, 0.25) is 0 Å². The van der Waals surface area contributed by atoms with Gasteiger partial charge >= 0.3 is 6.41 Å². The standard InChI is InChI=1S/C7H6NO/c9-6-8-7-4-2-1-3-5-7/h1-5H,(H,8,9). The Morgan fingerprint density at radius 3 is 2.44 bits per heavy atom. The highest BCUT2D eigenvalue weighted by Crippen LogP contribution is 2.01. The predicted molar refractivity (Wildman–Crippen MR) is 35.8 cm³/mol. The van der Waals surface area contributed by atoms with E-state index < -0.39 is 0 Å². The summed E-state index contributed by atoms with van der Waals surface area (Å²) in [6.07, 6.45) is 1.58. The SMILES string of the molecule is O=[C]Nc1ccccc1. The molecule has 2 nitrogen and oxygen atoms in total. The van der Waals surface area contributed by atoms with Crippen LogP contribution in [0.2, 0.25) is 0 Å². The molecule has 45 valence electrons. The lowest BCUT2D eigenvalue weighted by molar-refractivity contribution is 0.561. The molecule has 0 aliphatic carbocycles. The molecule has 1 N–H and O–H groups in total.